The topological polar surface area (TPSA) is 26.3 Å². The van der Waals surface area contributed by atoms with Gasteiger partial charge in [0.15, 0.2) is 0 Å². The highest BCUT2D eigenvalue weighted by molar-refractivity contribution is 5.77. The van der Waals surface area contributed by atoms with Gasteiger partial charge in [0.2, 0.25) is 0 Å². The normalized spacial score (nSPS) is 10.4. The minimum absolute atomic E-state index is 0.113. The van der Waals surface area contributed by atoms with Gasteiger partial charge in [-0.3, -0.25) is 4.79 Å². The number of ether oxygens (including phenoxy) is 1. The number of benzene rings is 2. The molecule has 0 heterocycles. The summed E-state index contributed by atoms with van der Waals surface area (Å²) in [6, 6.07) is 13.3. The summed E-state index contributed by atoms with van der Waals surface area (Å²) >= 11 is 0. The SMILES string of the molecule is O=Cc1ccc(-c2cccc(OC(F)F)c2)cc1. The second-order valence-electron chi connectivity index (χ2n) is 3.65. The molecule has 0 aliphatic carbocycles. The number of hydrogen-bond acceptors (Lipinski definition) is 2. The highest BCUT2D eigenvalue weighted by Crippen LogP contribution is 2.24. The van der Waals surface area contributed by atoms with Gasteiger partial charge in [0.25, 0.3) is 0 Å². The maximum Gasteiger partial charge on any atom is 0.387 e. The molecule has 0 saturated heterocycles. The van der Waals surface area contributed by atoms with E-state index in [0.29, 0.717) is 5.56 Å². The first-order valence-corrected chi connectivity index (χ1v) is 5.29. The van der Waals surface area contributed by atoms with E-state index in [2.05, 4.69) is 4.74 Å². The van der Waals surface area contributed by atoms with E-state index in [0.717, 1.165) is 17.4 Å². The smallest absolute Gasteiger partial charge is 0.387 e. The Morgan fingerprint density at radius 1 is 1.00 bits per heavy atom. The second-order valence-corrected chi connectivity index (χ2v) is 3.65. The third kappa shape index (κ3) is 2.91. The lowest BCUT2D eigenvalue weighted by atomic mass is 10.0. The fourth-order valence-electron chi connectivity index (χ4n) is 1.61. The minimum atomic E-state index is -2.84. The van der Waals surface area contributed by atoms with Crippen LogP contribution in [0.1, 0.15) is 10.4 Å². The summed E-state index contributed by atoms with van der Waals surface area (Å²) in [6.45, 7) is -2.84. The quantitative estimate of drug-likeness (QED) is 0.770. The molecule has 0 fully saturated rings. The Kier molecular flexibility index (Phi) is 3.67. The van der Waals surface area contributed by atoms with Crippen molar-refractivity contribution in [1.29, 1.82) is 0 Å². The summed E-state index contributed by atoms with van der Waals surface area (Å²) in [6.07, 6.45) is 0.750. The molecule has 0 spiro atoms. The molecule has 0 saturated carbocycles. The Morgan fingerprint density at radius 3 is 2.33 bits per heavy atom. The molecule has 4 heteroatoms. The molecule has 0 N–H and O–H groups in total. The van der Waals surface area contributed by atoms with Gasteiger partial charge in [0.05, 0.1) is 0 Å². The van der Waals surface area contributed by atoms with Crippen LogP contribution in [0.5, 0.6) is 5.75 Å². The first-order chi connectivity index (χ1) is 8.69. The van der Waals surface area contributed by atoms with E-state index in [1.54, 1.807) is 36.4 Å². The van der Waals surface area contributed by atoms with Gasteiger partial charge in [0.1, 0.15) is 12.0 Å². The molecule has 92 valence electrons. The lowest BCUT2D eigenvalue weighted by Gasteiger charge is -2.07. The fraction of sp³-hybridized carbons (Fsp3) is 0.0714. The van der Waals surface area contributed by atoms with Crippen LogP contribution < -0.4 is 4.74 Å². The van der Waals surface area contributed by atoms with E-state index in [4.69, 9.17) is 0 Å². The largest absolute Gasteiger partial charge is 0.435 e. The lowest BCUT2D eigenvalue weighted by Crippen LogP contribution is -2.01. The summed E-state index contributed by atoms with van der Waals surface area (Å²) in [7, 11) is 0. The van der Waals surface area contributed by atoms with Crippen molar-refractivity contribution < 1.29 is 18.3 Å². The van der Waals surface area contributed by atoms with Crippen LogP contribution in [-0.4, -0.2) is 12.9 Å². The van der Waals surface area contributed by atoms with E-state index >= 15 is 0 Å². The van der Waals surface area contributed by atoms with Crippen molar-refractivity contribution in [2.75, 3.05) is 0 Å². The zero-order valence-electron chi connectivity index (χ0n) is 9.35. The first-order valence-electron chi connectivity index (χ1n) is 5.29. The predicted octanol–water partition coefficient (Wildman–Crippen LogP) is 3.77. The summed E-state index contributed by atoms with van der Waals surface area (Å²) in [4.78, 5) is 10.5. The van der Waals surface area contributed by atoms with Crippen LogP contribution in [0.3, 0.4) is 0 Å². The molecule has 18 heavy (non-hydrogen) atoms. The van der Waals surface area contributed by atoms with Crippen LogP contribution in [0.15, 0.2) is 48.5 Å². The monoisotopic (exact) mass is 248 g/mol. The van der Waals surface area contributed by atoms with Crippen LogP contribution in [0.4, 0.5) is 8.78 Å². The fourth-order valence-corrected chi connectivity index (χ4v) is 1.61. The molecular weight excluding hydrogens is 238 g/mol. The lowest BCUT2D eigenvalue weighted by molar-refractivity contribution is -0.0498. The highest BCUT2D eigenvalue weighted by atomic mass is 19.3. The Balaban J connectivity index is 2.29. The summed E-state index contributed by atoms with van der Waals surface area (Å²) in [5, 5.41) is 0. The Bertz CT molecular complexity index is 536. The first kappa shape index (κ1) is 12.2. The number of hydrogen-bond donors (Lipinski definition) is 0. The highest BCUT2D eigenvalue weighted by Gasteiger charge is 2.05. The summed E-state index contributed by atoms with van der Waals surface area (Å²) < 4.78 is 28.5. The molecule has 0 unspecified atom stereocenters. The van der Waals surface area contributed by atoms with Gasteiger partial charge in [-0.2, -0.15) is 8.78 Å². The zero-order chi connectivity index (χ0) is 13.0. The van der Waals surface area contributed by atoms with Crippen LogP contribution in [0, 0.1) is 0 Å². The predicted molar refractivity (Wildman–Crippen MR) is 63.9 cm³/mol. The van der Waals surface area contributed by atoms with Gasteiger partial charge in [-0.1, -0.05) is 36.4 Å². The standard InChI is InChI=1S/C14H10F2O2/c15-14(16)18-13-3-1-2-12(8-13)11-6-4-10(9-17)5-7-11/h1-9,14H. The molecule has 0 bridgehead atoms. The van der Waals surface area contributed by atoms with Gasteiger partial charge < -0.3 is 4.74 Å². The van der Waals surface area contributed by atoms with E-state index in [-0.39, 0.29) is 5.75 Å². The third-order valence-electron chi connectivity index (χ3n) is 2.44. The van der Waals surface area contributed by atoms with E-state index in [1.165, 1.54) is 12.1 Å². The number of halogens is 2. The maximum atomic E-state index is 12.1. The van der Waals surface area contributed by atoms with Crippen molar-refractivity contribution in [3.63, 3.8) is 0 Å². The van der Waals surface area contributed by atoms with Crippen LogP contribution in [-0.2, 0) is 0 Å². The average Bonchev–Trinajstić information content (AvgIpc) is 2.38. The molecule has 0 atom stereocenters. The van der Waals surface area contributed by atoms with Gasteiger partial charge in [-0.05, 0) is 23.3 Å². The van der Waals surface area contributed by atoms with Crippen LogP contribution in [0.2, 0.25) is 0 Å². The molecule has 2 aromatic carbocycles. The summed E-state index contributed by atoms with van der Waals surface area (Å²) in [5.41, 5.74) is 2.16. The second kappa shape index (κ2) is 5.40. The molecular formula is C14H10F2O2. The molecule has 2 nitrogen and oxygen atoms in total. The van der Waals surface area contributed by atoms with Crippen LogP contribution in [0.25, 0.3) is 11.1 Å². The summed E-state index contributed by atoms with van der Waals surface area (Å²) in [5.74, 6) is 0.113. The molecule has 0 radical (unpaired) electrons. The average molecular weight is 248 g/mol. The number of carbonyl (C=O) groups excluding carboxylic acids is 1. The van der Waals surface area contributed by atoms with Crippen molar-refractivity contribution in [2.45, 2.75) is 6.61 Å². The Labute approximate surface area is 103 Å². The molecule has 0 aromatic heterocycles. The van der Waals surface area contributed by atoms with Gasteiger partial charge in [-0.25, -0.2) is 0 Å². The van der Waals surface area contributed by atoms with Crippen molar-refractivity contribution in [3.8, 4) is 16.9 Å². The molecule has 0 aliphatic heterocycles. The number of rotatable bonds is 4. The van der Waals surface area contributed by atoms with Crippen molar-refractivity contribution in [2.24, 2.45) is 0 Å². The number of aldehydes is 1. The maximum absolute atomic E-state index is 12.1. The van der Waals surface area contributed by atoms with Gasteiger partial charge in [-0.15, -0.1) is 0 Å². The van der Waals surface area contributed by atoms with Gasteiger partial charge >= 0.3 is 6.61 Å². The minimum Gasteiger partial charge on any atom is -0.435 e. The van der Waals surface area contributed by atoms with Crippen LogP contribution >= 0.6 is 0 Å². The van der Waals surface area contributed by atoms with E-state index in [1.807, 2.05) is 0 Å². The Morgan fingerprint density at radius 2 is 1.72 bits per heavy atom. The van der Waals surface area contributed by atoms with E-state index in [9.17, 15) is 13.6 Å². The molecule has 2 aromatic rings. The number of alkyl halides is 2. The number of carbonyl (C=O) groups is 1. The van der Waals surface area contributed by atoms with E-state index < -0.39 is 6.61 Å². The van der Waals surface area contributed by atoms with Gasteiger partial charge in [0, 0.05) is 5.56 Å². The van der Waals surface area contributed by atoms with Crippen molar-refractivity contribution >= 4 is 6.29 Å². The molecule has 0 amide bonds. The zero-order valence-corrected chi connectivity index (χ0v) is 9.35. The molecule has 2 rings (SSSR count). The molecule has 0 aliphatic rings. The van der Waals surface area contributed by atoms with Crippen molar-refractivity contribution in [3.05, 3.63) is 54.1 Å². The Hall–Kier alpha value is -2.23. The third-order valence-corrected chi connectivity index (χ3v) is 2.44. The van der Waals surface area contributed by atoms with Crippen molar-refractivity contribution in [1.82, 2.24) is 0 Å².